The van der Waals surface area contributed by atoms with Gasteiger partial charge in [0.2, 0.25) is 5.91 Å². The SMILES string of the molecule is CCOC1CC(CC(=O)N2CCCC2C(=O)OC)C1. The highest BCUT2D eigenvalue weighted by molar-refractivity contribution is 5.85. The summed E-state index contributed by atoms with van der Waals surface area (Å²) in [5.41, 5.74) is 0. The van der Waals surface area contributed by atoms with E-state index in [9.17, 15) is 9.59 Å². The van der Waals surface area contributed by atoms with Crippen molar-refractivity contribution in [1.82, 2.24) is 4.90 Å². The number of hydrogen-bond donors (Lipinski definition) is 0. The van der Waals surface area contributed by atoms with Crippen molar-refractivity contribution in [3.8, 4) is 0 Å². The maximum atomic E-state index is 12.2. The predicted molar refractivity (Wildman–Crippen MR) is 69.5 cm³/mol. The Morgan fingerprint density at radius 2 is 2.05 bits per heavy atom. The molecule has 1 atom stereocenters. The second-order valence-electron chi connectivity index (χ2n) is 5.39. The Balaban J connectivity index is 1.78. The Bertz CT molecular complexity index is 338. The highest BCUT2D eigenvalue weighted by Crippen LogP contribution is 2.34. The first-order valence-electron chi connectivity index (χ1n) is 7.14. The molecule has 0 aromatic rings. The van der Waals surface area contributed by atoms with Crippen molar-refractivity contribution >= 4 is 11.9 Å². The van der Waals surface area contributed by atoms with Gasteiger partial charge in [-0.2, -0.15) is 0 Å². The van der Waals surface area contributed by atoms with Gasteiger partial charge in [0.25, 0.3) is 0 Å². The molecule has 2 aliphatic rings. The third kappa shape index (κ3) is 3.26. The van der Waals surface area contributed by atoms with Gasteiger partial charge in [-0.05, 0) is 38.5 Å². The normalized spacial score (nSPS) is 30.0. The fourth-order valence-corrected chi connectivity index (χ4v) is 3.02. The second kappa shape index (κ2) is 6.37. The number of rotatable bonds is 5. The van der Waals surface area contributed by atoms with Crippen LogP contribution in [0.15, 0.2) is 0 Å². The molecule has 19 heavy (non-hydrogen) atoms. The minimum Gasteiger partial charge on any atom is -0.467 e. The molecule has 1 saturated heterocycles. The molecule has 0 bridgehead atoms. The fraction of sp³-hybridized carbons (Fsp3) is 0.857. The lowest BCUT2D eigenvalue weighted by Crippen LogP contribution is -2.43. The van der Waals surface area contributed by atoms with Crippen molar-refractivity contribution in [2.75, 3.05) is 20.3 Å². The molecule has 0 aromatic carbocycles. The number of ether oxygens (including phenoxy) is 2. The van der Waals surface area contributed by atoms with E-state index in [1.54, 1.807) is 4.90 Å². The van der Waals surface area contributed by atoms with Gasteiger partial charge < -0.3 is 14.4 Å². The average molecular weight is 269 g/mol. The van der Waals surface area contributed by atoms with Crippen LogP contribution >= 0.6 is 0 Å². The van der Waals surface area contributed by atoms with Gasteiger partial charge in [0, 0.05) is 19.6 Å². The number of amides is 1. The van der Waals surface area contributed by atoms with Gasteiger partial charge in [-0.15, -0.1) is 0 Å². The first-order valence-corrected chi connectivity index (χ1v) is 7.14. The summed E-state index contributed by atoms with van der Waals surface area (Å²) in [4.78, 5) is 25.5. The van der Waals surface area contributed by atoms with Crippen LogP contribution in [-0.2, 0) is 19.1 Å². The number of esters is 1. The molecular weight excluding hydrogens is 246 g/mol. The number of methoxy groups -OCH3 is 1. The van der Waals surface area contributed by atoms with Crippen molar-refractivity contribution in [2.24, 2.45) is 5.92 Å². The lowest BCUT2D eigenvalue weighted by molar-refractivity contribution is -0.152. The molecule has 1 aliphatic carbocycles. The van der Waals surface area contributed by atoms with Gasteiger partial charge in [-0.3, -0.25) is 4.79 Å². The zero-order chi connectivity index (χ0) is 13.8. The fourth-order valence-electron chi connectivity index (χ4n) is 3.02. The summed E-state index contributed by atoms with van der Waals surface area (Å²) >= 11 is 0. The highest BCUT2D eigenvalue weighted by atomic mass is 16.5. The van der Waals surface area contributed by atoms with Crippen LogP contribution in [0.4, 0.5) is 0 Å². The smallest absolute Gasteiger partial charge is 0.328 e. The minimum absolute atomic E-state index is 0.0906. The lowest BCUT2D eigenvalue weighted by Gasteiger charge is -2.35. The summed E-state index contributed by atoms with van der Waals surface area (Å²) in [5.74, 6) is 0.224. The molecule has 5 heteroatoms. The van der Waals surface area contributed by atoms with Gasteiger partial charge >= 0.3 is 5.97 Å². The Hall–Kier alpha value is -1.10. The topological polar surface area (TPSA) is 55.8 Å². The van der Waals surface area contributed by atoms with Crippen LogP contribution < -0.4 is 0 Å². The molecule has 0 aromatic heterocycles. The molecule has 1 saturated carbocycles. The second-order valence-corrected chi connectivity index (χ2v) is 5.39. The zero-order valence-electron chi connectivity index (χ0n) is 11.8. The Morgan fingerprint density at radius 3 is 2.68 bits per heavy atom. The standard InChI is InChI=1S/C14H23NO4/c1-3-19-11-7-10(8-11)9-13(16)15-6-4-5-12(15)14(17)18-2/h10-12H,3-9H2,1-2H3. The van der Waals surface area contributed by atoms with E-state index in [1.165, 1.54) is 7.11 Å². The lowest BCUT2D eigenvalue weighted by atomic mass is 9.79. The van der Waals surface area contributed by atoms with E-state index in [2.05, 4.69) is 0 Å². The molecule has 1 aliphatic heterocycles. The molecule has 2 fully saturated rings. The highest BCUT2D eigenvalue weighted by Gasteiger charge is 2.38. The average Bonchev–Trinajstić information content (AvgIpc) is 2.84. The van der Waals surface area contributed by atoms with E-state index < -0.39 is 0 Å². The van der Waals surface area contributed by atoms with Crippen molar-refractivity contribution in [3.63, 3.8) is 0 Å². The molecule has 2 rings (SSSR count). The number of nitrogens with zero attached hydrogens (tertiary/aromatic N) is 1. The number of likely N-dealkylation sites (tertiary alicyclic amines) is 1. The van der Waals surface area contributed by atoms with Crippen LogP contribution in [0.5, 0.6) is 0 Å². The van der Waals surface area contributed by atoms with Crippen LogP contribution in [-0.4, -0.2) is 49.2 Å². The van der Waals surface area contributed by atoms with Crippen LogP contribution in [0.1, 0.15) is 39.0 Å². The van der Waals surface area contributed by atoms with Gasteiger partial charge in [-0.1, -0.05) is 0 Å². The van der Waals surface area contributed by atoms with Gasteiger partial charge in [0.1, 0.15) is 6.04 Å². The molecule has 0 radical (unpaired) electrons. The minimum atomic E-state index is -0.361. The first-order chi connectivity index (χ1) is 9.15. The van der Waals surface area contributed by atoms with E-state index >= 15 is 0 Å². The van der Waals surface area contributed by atoms with Crippen LogP contribution in [0.2, 0.25) is 0 Å². The third-order valence-corrected chi connectivity index (χ3v) is 4.10. The summed E-state index contributed by atoms with van der Waals surface area (Å²) in [6.07, 6.45) is 4.42. The van der Waals surface area contributed by atoms with E-state index in [-0.39, 0.29) is 17.9 Å². The maximum absolute atomic E-state index is 12.2. The largest absolute Gasteiger partial charge is 0.467 e. The molecule has 0 spiro atoms. The van der Waals surface area contributed by atoms with Crippen molar-refractivity contribution < 1.29 is 19.1 Å². The number of hydrogen-bond acceptors (Lipinski definition) is 4. The molecule has 1 heterocycles. The predicted octanol–water partition coefficient (Wildman–Crippen LogP) is 1.36. The van der Waals surface area contributed by atoms with E-state index in [0.717, 1.165) is 32.3 Å². The third-order valence-electron chi connectivity index (χ3n) is 4.10. The van der Waals surface area contributed by atoms with E-state index in [0.29, 0.717) is 25.0 Å². The van der Waals surface area contributed by atoms with Crippen LogP contribution in [0.25, 0.3) is 0 Å². The van der Waals surface area contributed by atoms with Crippen molar-refractivity contribution in [3.05, 3.63) is 0 Å². The van der Waals surface area contributed by atoms with Crippen molar-refractivity contribution in [2.45, 2.75) is 51.2 Å². The summed E-state index contributed by atoms with van der Waals surface area (Å²) in [5, 5.41) is 0. The van der Waals surface area contributed by atoms with E-state index in [4.69, 9.17) is 9.47 Å². The first kappa shape index (κ1) is 14.3. The number of carbonyl (C=O) groups is 2. The molecule has 1 amide bonds. The summed E-state index contributed by atoms with van der Waals surface area (Å²) in [6.45, 7) is 3.41. The Morgan fingerprint density at radius 1 is 1.32 bits per heavy atom. The molecule has 1 unspecified atom stereocenters. The maximum Gasteiger partial charge on any atom is 0.328 e. The summed E-state index contributed by atoms with van der Waals surface area (Å²) in [6, 6.07) is -0.361. The quantitative estimate of drug-likeness (QED) is 0.707. The number of carbonyl (C=O) groups excluding carboxylic acids is 2. The molecule has 108 valence electrons. The van der Waals surface area contributed by atoms with Crippen LogP contribution in [0, 0.1) is 5.92 Å². The zero-order valence-corrected chi connectivity index (χ0v) is 11.8. The monoisotopic (exact) mass is 269 g/mol. The summed E-state index contributed by atoms with van der Waals surface area (Å²) < 4.78 is 10.2. The van der Waals surface area contributed by atoms with Crippen molar-refractivity contribution in [1.29, 1.82) is 0 Å². The Labute approximate surface area is 114 Å². The van der Waals surface area contributed by atoms with Crippen LogP contribution in [0.3, 0.4) is 0 Å². The van der Waals surface area contributed by atoms with Gasteiger partial charge in [0.05, 0.1) is 13.2 Å². The van der Waals surface area contributed by atoms with E-state index in [1.807, 2.05) is 6.92 Å². The molecule has 0 N–H and O–H groups in total. The summed E-state index contributed by atoms with van der Waals surface area (Å²) in [7, 11) is 1.38. The molecule has 5 nitrogen and oxygen atoms in total. The van der Waals surface area contributed by atoms with Gasteiger partial charge in [-0.25, -0.2) is 4.79 Å². The molecular formula is C14H23NO4. The van der Waals surface area contributed by atoms with Gasteiger partial charge in [0.15, 0.2) is 0 Å². The Kier molecular flexibility index (Phi) is 4.80.